The lowest BCUT2D eigenvalue weighted by molar-refractivity contribution is -0.460. The molecule has 0 aromatic rings. The molecule has 2 unspecified atom stereocenters. The highest BCUT2D eigenvalue weighted by Crippen LogP contribution is 2.45. The Hall–Kier alpha value is -0.330. The highest BCUT2D eigenvalue weighted by atomic mass is 15.1. The lowest BCUT2D eigenvalue weighted by Gasteiger charge is -2.41. The van der Waals surface area contributed by atoms with Crippen molar-refractivity contribution < 1.29 is 4.58 Å². The van der Waals surface area contributed by atoms with Crippen LogP contribution in [0.4, 0.5) is 0 Å². The van der Waals surface area contributed by atoms with E-state index >= 15 is 0 Å². The molecule has 104 valence electrons. The van der Waals surface area contributed by atoms with Crippen molar-refractivity contribution in [2.45, 2.75) is 67.2 Å². The smallest absolute Gasteiger partial charge is 0.221 e. The van der Waals surface area contributed by atoms with Crippen molar-refractivity contribution in [3.8, 4) is 0 Å². The average Bonchev–Trinajstić information content (AvgIpc) is 2.93. The van der Waals surface area contributed by atoms with E-state index in [2.05, 4.69) is 46.1 Å². The van der Waals surface area contributed by atoms with Gasteiger partial charge in [0, 0.05) is 11.8 Å². The lowest BCUT2D eigenvalue weighted by atomic mass is 9.64. The first-order valence-electron chi connectivity index (χ1n) is 7.83. The minimum atomic E-state index is 0.462. The van der Waals surface area contributed by atoms with Gasteiger partial charge in [0.15, 0.2) is 0 Å². The predicted molar refractivity (Wildman–Crippen MR) is 79.4 cm³/mol. The summed E-state index contributed by atoms with van der Waals surface area (Å²) in [6.45, 7) is 17.3. The van der Waals surface area contributed by atoms with E-state index in [1.165, 1.54) is 38.8 Å². The molecule has 0 aromatic carbocycles. The first-order chi connectivity index (χ1) is 8.23. The molecule has 0 bridgehead atoms. The Morgan fingerprint density at radius 1 is 1.28 bits per heavy atom. The Morgan fingerprint density at radius 2 is 1.94 bits per heavy atom. The van der Waals surface area contributed by atoms with Crippen LogP contribution in [0.1, 0.15) is 67.2 Å². The van der Waals surface area contributed by atoms with E-state index in [1.807, 2.05) is 0 Å². The van der Waals surface area contributed by atoms with Crippen LogP contribution in [-0.2, 0) is 0 Å². The highest BCUT2D eigenvalue weighted by molar-refractivity contribution is 5.87. The van der Waals surface area contributed by atoms with Crippen LogP contribution in [-0.4, -0.2) is 23.4 Å². The standard InChI is InChI=1S/C17H32N/c1-13(2)14(3)16(4,5)11-17(6)9-7-8-15-10-18(15)12-17/h13-14H,7-12H2,1-6H3/q+1. The SMILES string of the molecule is CC(C)C(C)C(C)(C)CC1(C)CCCC2=[N+](C2)C1. The fraction of sp³-hybridized carbons (Fsp3) is 0.941. The van der Waals surface area contributed by atoms with E-state index in [4.69, 9.17) is 0 Å². The van der Waals surface area contributed by atoms with Crippen molar-refractivity contribution >= 4 is 5.71 Å². The van der Waals surface area contributed by atoms with Gasteiger partial charge in [-0.2, -0.15) is 0 Å². The van der Waals surface area contributed by atoms with Gasteiger partial charge in [0.25, 0.3) is 0 Å². The van der Waals surface area contributed by atoms with Crippen molar-refractivity contribution in [2.75, 3.05) is 13.1 Å². The Morgan fingerprint density at radius 3 is 2.56 bits per heavy atom. The van der Waals surface area contributed by atoms with Gasteiger partial charge in [-0.05, 0) is 36.5 Å². The molecule has 0 spiro atoms. The average molecular weight is 250 g/mol. The van der Waals surface area contributed by atoms with Gasteiger partial charge in [-0.15, -0.1) is 0 Å². The Labute approximate surface area is 114 Å². The summed E-state index contributed by atoms with van der Waals surface area (Å²) < 4.78 is 2.63. The summed E-state index contributed by atoms with van der Waals surface area (Å²) in [7, 11) is 0. The van der Waals surface area contributed by atoms with Gasteiger partial charge in [0.1, 0.15) is 6.54 Å². The summed E-state index contributed by atoms with van der Waals surface area (Å²) in [5.74, 6) is 1.59. The van der Waals surface area contributed by atoms with E-state index in [0.29, 0.717) is 10.8 Å². The molecule has 2 aliphatic rings. The second kappa shape index (κ2) is 4.65. The molecular weight excluding hydrogens is 218 g/mol. The first kappa shape index (κ1) is 14.1. The molecule has 0 saturated carbocycles. The summed E-state index contributed by atoms with van der Waals surface area (Å²) in [5, 5.41) is 0. The fourth-order valence-corrected chi connectivity index (χ4v) is 4.16. The van der Waals surface area contributed by atoms with Crippen molar-refractivity contribution in [2.24, 2.45) is 22.7 Å². The van der Waals surface area contributed by atoms with E-state index in [0.717, 1.165) is 11.8 Å². The minimum absolute atomic E-state index is 0.462. The topological polar surface area (TPSA) is 3.01 Å². The van der Waals surface area contributed by atoms with Crippen LogP contribution in [0.3, 0.4) is 0 Å². The van der Waals surface area contributed by atoms with Gasteiger partial charge in [-0.1, -0.05) is 41.5 Å². The minimum Gasteiger partial charge on any atom is -0.221 e. The maximum atomic E-state index is 2.63. The van der Waals surface area contributed by atoms with Gasteiger partial charge >= 0.3 is 0 Å². The van der Waals surface area contributed by atoms with Crippen LogP contribution in [0.2, 0.25) is 0 Å². The zero-order chi connectivity index (χ0) is 13.6. The number of nitrogens with zero attached hydrogens (tertiary/aromatic N) is 1. The summed E-state index contributed by atoms with van der Waals surface area (Å²) >= 11 is 0. The second-order valence-electron chi connectivity index (χ2n) is 8.28. The largest absolute Gasteiger partial charge is 0.221 e. The van der Waals surface area contributed by atoms with Gasteiger partial charge in [-0.3, -0.25) is 0 Å². The molecule has 0 N–H and O–H groups in total. The Kier molecular flexibility index (Phi) is 3.64. The zero-order valence-electron chi connectivity index (χ0n) is 13.3. The quantitative estimate of drug-likeness (QED) is 0.653. The summed E-state index contributed by atoms with van der Waals surface area (Å²) in [5.41, 5.74) is 2.72. The molecule has 1 nitrogen and oxygen atoms in total. The molecule has 0 aromatic heterocycles. The van der Waals surface area contributed by atoms with Gasteiger partial charge in [-0.25, -0.2) is 4.58 Å². The zero-order valence-corrected chi connectivity index (χ0v) is 13.3. The van der Waals surface area contributed by atoms with Crippen LogP contribution < -0.4 is 0 Å². The molecule has 2 aliphatic heterocycles. The fourth-order valence-electron chi connectivity index (χ4n) is 4.16. The van der Waals surface area contributed by atoms with Crippen LogP contribution >= 0.6 is 0 Å². The maximum absolute atomic E-state index is 2.63. The van der Waals surface area contributed by atoms with Crippen LogP contribution in [0.15, 0.2) is 0 Å². The molecule has 2 atom stereocenters. The lowest BCUT2D eigenvalue weighted by Crippen LogP contribution is -2.36. The molecule has 0 amide bonds. The van der Waals surface area contributed by atoms with Gasteiger partial charge in [0.2, 0.25) is 12.3 Å². The molecule has 0 aliphatic carbocycles. The van der Waals surface area contributed by atoms with Crippen molar-refractivity contribution in [3.05, 3.63) is 0 Å². The molecular formula is C17H32N+. The number of hydrogen-bond acceptors (Lipinski definition) is 0. The van der Waals surface area contributed by atoms with Gasteiger partial charge < -0.3 is 0 Å². The first-order valence-corrected chi connectivity index (χ1v) is 7.83. The normalized spacial score (nSPS) is 30.2. The molecule has 0 radical (unpaired) electrons. The van der Waals surface area contributed by atoms with Crippen LogP contribution in [0, 0.1) is 22.7 Å². The third kappa shape index (κ3) is 2.97. The van der Waals surface area contributed by atoms with E-state index in [9.17, 15) is 0 Å². The highest BCUT2D eigenvalue weighted by Gasteiger charge is 2.45. The van der Waals surface area contributed by atoms with Crippen molar-refractivity contribution in [1.82, 2.24) is 0 Å². The second-order valence-corrected chi connectivity index (χ2v) is 8.28. The number of rotatable bonds is 4. The third-order valence-corrected chi connectivity index (χ3v) is 5.65. The molecule has 0 saturated heterocycles. The molecule has 2 heterocycles. The Bertz CT molecular complexity index is 351. The van der Waals surface area contributed by atoms with Crippen LogP contribution in [0.25, 0.3) is 0 Å². The third-order valence-electron chi connectivity index (χ3n) is 5.65. The summed E-state index contributed by atoms with van der Waals surface area (Å²) in [4.78, 5) is 0. The monoisotopic (exact) mass is 250 g/mol. The molecule has 2 rings (SSSR count). The maximum Gasteiger partial charge on any atom is 0.221 e. The summed E-state index contributed by atoms with van der Waals surface area (Å²) in [6, 6.07) is 0. The Balaban J connectivity index is 2.04. The van der Waals surface area contributed by atoms with Crippen LogP contribution in [0.5, 0.6) is 0 Å². The van der Waals surface area contributed by atoms with Crippen molar-refractivity contribution in [3.63, 3.8) is 0 Å². The summed E-state index contributed by atoms with van der Waals surface area (Å²) in [6.07, 6.45) is 5.58. The van der Waals surface area contributed by atoms with Crippen molar-refractivity contribution in [1.29, 1.82) is 0 Å². The molecule has 1 heteroatoms. The van der Waals surface area contributed by atoms with E-state index < -0.39 is 0 Å². The van der Waals surface area contributed by atoms with E-state index in [1.54, 1.807) is 5.71 Å². The predicted octanol–water partition coefficient (Wildman–Crippen LogP) is 4.35. The number of hydrogen-bond donors (Lipinski definition) is 0. The van der Waals surface area contributed by atoms with E-state index in [-0.39, 0.29) is 0 Å². The van der Waals surface area contributed by atoms with Gasteiger partial charge in [0.05, 0.1) is 0 Å². The molecule has 0 fully saturated rings. The molecule has 18 heavy (non-hydrogen) atoms.